The number of benzene rings is 1. The summed E-state index contributed by atoms with van der Waals surface area (Å²) in [5, 5.41) is 9.74. The summed E-state index contributed by atoms with van der Waals surface area (Å²) in [6, 6.07) is 9.26. The van der Waals surface area contributed by atoms with E-state index >= 15 is 0 Å². The van der Waals surface area contributed by atoms with Crippen molar-refractivity contribution in [1.29, 1.82) is 0 Å². The number of aliphatic hydroxyl groups excluding tert-OH is 1. The van der Waals surface area contributed by atoms with Crippen LogP contribution in [0, 0.1) is 5.92 Å². The first-order valence-corrected chi connectivity index (χ1v) is 9.74. The highest BCUT2D eigenvalue weighted by Crippen LogP contribution is 2.36. The summed E-state index contributed by atoms with van der Waals surface area (Å²) in [5.41, 5.74) is 6.88. The van der Waals surface area contributed by atoms with Crippen molar-refractivity contribution in [2.45, 2.75) is 12.8 Å². The molecule has 1 fully saturated rings. The number of hydrazine groups is 1. The zero-order valence-electron chi connectivity index (χ0n) is 16.0. The van der Waals surface area contributed by atoms with Gasteiger partial charge in [0, 0.05) is 41.5 Å². The van der Waals surface area contributed by atoms with Gasteiger partial charge in [-0.1, -0.05) is 30.3 Å². The number of piperidine rings is 1. The van der Waals surface area contributed by atoms with Gasteiger partial charge in [-0.3, -0.25) is 10.6 Å². The number of nitrogens with one attached hydrogen (secondary N) is 1. The molecule has 4 N–H and O–H groups in total. The maximum atomic E-state index is 11.8. The minimum Gasteiger partial charge on any atom is -0.387 e. The Balaban J connectivity index is 1.99. The third kappa shape index (κ3) is 4.82. The Bertz CT molecular complexity index is 891. The number of likely N-dealkylation sites (tertiary alicyclic amines) is 1. The van der Waals surface area contributed by atoms with Crippen molar-refractivity contribution in [1.82, 2.24) is 20.3 Å². The first-order valence-electron chi connectivity index (χ1n) is 9.36. The van der Waals surface area contributed by atoms with Crippen LogP contribution in [0.25, 0.3) is 11.1 Å². The summed E-state index contributed by atoms with van der Waals surface area (Å²) in [6.45, 7) is 4.94. The van der Waals surface area contributed by atoms with Crippen molar-refractivity contribution in [3.05, 3.63) is 71.4 Å². The molecule has 1 aliphatic heterocycles. The van der Waals surface area contributed by atoms with Crippen LogP contribution in [0.15, 0.2) is 55.1 Å². The number of carbonyl (C=O) groups is 1. The molecule has 0 saturated carbocycles. The lowest BCUT2D eigenvalue weighted by molar-refractivity contribution is -0.135. The SMILES string of the molecule is C=C(/C(=C(\NN)C1CCN(C(=O)CO)CC1)c1ccncn1)c1ccc(Cl)cc1. The van der Waals surface area contributed by atoms with E-state index in [4.69, 9.17) is 22.6 Å². The average molecular weight is 414 g/mol. The first-order chi connectivity index (χ1) is 14.0. The molecule has 8 heteroatoms. The molecule has 0 bridgehead atoms. The molecule has 3 rings (SSSR count). The number of carbonyl (C=O) groups excluding carboxylic acids is 1. The molecule has 2 heterocycles. The van der Waals surface area contributed by atoms with E-state index in [2.05, 4.69) is 22.0 Å². The van der Waals surface area contributed by atoms with Crippen LogP contribution in [0.1, 0.15) is 24.1 Å². The Morgan fingerprint density at radius 2 is 1.97 bits per heavy atom. The van der Waals surface area contributed by atoms with Gasteiger partial charge < -0.3 is 15.4 Å². The van der Waals surface area contributed by atoms with E-state index in [0.29, 0.717) is 36.6 Å². The van der Waals surface area contributed by atoms with Crippen LogP contribution in [0.2, 0.25) is 5.02 Å². The van der Waals surface area contributed by atoms with Gasteiger partial charge >= 0.3 is 0 Å². The fraction of sp³-hybridized carbons (Fsp3) is 0.286. The lowest BCUT2D eigenvalue weighted by Crippen LogP contribution is -2.42. The highest BCUT2D eigenvalue weighted by molar-refractivity contribution is 6.30. The fourth-order valence-corrected chi connectivity index (χ4v) is 3.73. The molecule has 29 heavy (non-hydrogen) atoms. The molecule has 0 spiro atoms. The van der Waals surface area contributed by atoms with Crippen molar-refractivity contribution in [3.63, 3.8) is 0 Å². The topological polar surface area (TPSA) is 104 Å². The molecule has 152 valence electrons. The second kappa shape index (κ2) is 9.65. The number of aliphatic hydroxyl groups is 1. The van der Waals surface area contributed by atoms with Crippen molar-refractivity contribution in [2.24, 2.45) is 11.8 Å². The quantitative estimate of drug-likeness (QED) is 0.381. The summed E-state index contributed by atoms with van der Waals surface area (Å²) < 4.78 is 0. The van der Waals surface area contributed by atoms with E-state index < -0.39 is 6.61 Å². The Hall–Kier alpha value is -2.74. The second-order valence-electron chi connectivity index (χ2n) is 6.83. The highest BCUT2D eigenvalue weighted by Gasteiger charge is 2.28. The lowest BCUT2D eigenvalue weighted by atomic mass is 9.86. The average Bonchev–Trinajstić information content (AvgIpc) is 2.77. The van der Waals surface area contributed by atoms with Gasteiger partial charge in [-0.25, -0.2) is 9.97 Å². The van der Waals surface area contributed by atoms with Crippen molar-refractivity contribution < 1.29 is 9.90 Å². The molecule has 1 amide bonds. The predicted molar refractivity (Wildman–Crippen MR) is 113 cm³/mol. The number of hydrogen-bond donors (Lipinski definition) is 3. The Labute approximate surface area is 174 Å². The molecule has 0 atom stereocenters. The number of nitrogens with two attached hydrogens (primary N) is 1. The van der Waals surface area contributed by atoms with Gasteiger partial charge in [-0.15, -0.1) is 0 Å². The number of halogens is 1. The number of aromatic nitrogens is 2. The number of hydrogen-bond acceptors (Lipinski definition) is 6. The molecule has 1 aromatic heterocycles. The van der Waals surface area contributed by atoms with Gasteiger partial charge in [-0.2, -0.15) is 0 Å². The molecule has 2 aromatic rings. The third-order valence-corrected chi connectivity index (χ3v) is 5.40. The van der Waals surface area contributed by atoms with E-state index in [1.165, 1.54) is 6.33 Å². The Kier molecular flexibility index (Phi) is 6.98. The van der Waals surface area contributed by atoms with Crippen LogP contribution in [-0.2, 0) is 4.79 Å². The summed E-state index contributed by atoms with van der Waals surface area (Å²) in [4.78, 5) is 21.9. The molecular weight excluding hydrogens is 390 g/mol. The second-order valence-corrected chi connectivity index (χ2v) is 7.26. The van der Waals surface area contributed by atoms with Gasteiger partial charge in [0.1, 0.15) is 12.9 Å². The van der Waals surface area contributed by atoms with E-state index in [9.17, 15) is 4.79 Å². The van der Waals surface area contributed by atoms with Crippen molar-refractivity contribution in [3.8, 4) is 0 Å². The summed E-state index contributed by atoms with van der Waals surface area (Å²) in [5.74, 6) is 5.81. The smallest absolute Gasteiger partial charge is 0.248 e. The van der Waals surface area contributed by atoms with Crippen LogP contribution in [0.3, 0.4) is 0 Å². The highest BCUT2D eigenvalue weighted by atomic mass is 35.5. The fourth-order valence-electron chi connectivity index (χ4n) is 3.60. The standard InChI is InChI=1S/C21H24ClN5O2/c1-14(15-2-4-17(22)5-3-15)20(18-6-9-24-13-25-18)21(26-23)16-7-10-27(11-8-16)19(29)12-28/h2-6,9,13,16,26,28H,1,7-8,10-12,23H2/b21-20+. The molecule has 7 nitrogen and oxygen atoms in total. The summed E-state index contributed by atoms with van der Waals surface area (Å²) >= 11 is 6.03. The van der Waals surface area contributed by atoms with Gasteiger partial charge in [0.15, 0.2) is 0 Å². The normalized spacial score (nSPS) is 15.6. The van der Waals surface area contributed by atoms with E-state index in [1.807, 2.05) is 30.3 Å². The number of rotatable bonds is 6. The first kappa shape index (κ1) is 21.0. The van der Waals surface area contributed by atoms with Crippen LogP contribution < -0.4 is 11.3 Å². The molecule has 1 aliphatic rings. The number of allylic oxidation sites excluding steroid dienone is 3. The minimum absolute atomic E-state index is 0.0942. The molecule has 0 radical (unpaired) electrons. The Morgan fingerprint density at radius 1 is 1.28 bits per heavy atom. The minimum atomic E-state index is -0.470. The number of nitrogens with zero attached hydrogens (tertiary/aromatic N) is 3. The maximum absolute atomic E-state index is 11.8. The lowest BCUT2D eigenvalue weighted by Gasteiger charge is -2.34. The summed E-state index contributed by atoms with van der Waals surface area (Å²) in [6.07, 6.45) is 4.59. The van der Waals surface area contributed by atoms with Gasteiger partial charge in [0.25, 0.3) is 0 Å². The largest absolute Gasteiger partial charge is 0.387 e. The Morgan fingerprint density at radius 3 is 2.52 bits per heavy atom. The third-order valence-electron chi connectivity index (χ3n) is 5.15. The maximum Gasteiger partial charge on any atom is 0.248 e. The monoisotopic (exact) mass is 413 g/mol. The van der Waals surface area contributed by atoms with E-state index in [-0.39, 0.29) is 11.8 Å². The van der Waals surface area contributed by atoms with Crippen LogP contribution in [-0.4, -0.2) is 45.6 Å². The van der Waals surface area contributed by atoms with Gasteiger partial charge in [0.2, 0.25) is 5.91 Å². The van der Waals surface area contributed by atoms with Crippen LogP contribution in [0.5, 0.6) is 0 Å². The molecule has 0 aliphatic carbocycles. The predicted octanol–water partition coefficient (Wildman–Crippen LogP) is 2.25. The summed E-state index contributed by atoms with van der Waals surface area (Å²) in [7, 11) is 0. The molecule has 1 saturated heterocycles. The van der Waals surface area contributed by atoms with Gasteiger partial charge in [-0.05, 0) is 42.2 Å². The molecule has 0 unspecified atom stereocenters. The van der Waals surface area contributed by atoms with Crippen molar-refractivity contribution >= 4 is 28.7 Å². The molecule has 1 aromatic carbocycles. The van der Waals surface area contributed by atoms with Crippen LogP contribution >= 0.6 is 11.6 Å². The van der Waals surface area contributed by atoms with E-state index in [0.717, 1.165) is 22.4 Å². The van der Waals surface area contributed by atoms with Gasteiger partial charge in [0.05, 0.1) is 5.69 Å². The zero-order chi connectivity index (χ0) is 20.8. The van der Waals surface area contributed by atoms with Crippen molar-refractivity contribution in [2.75, 3.05) is 19.7 Å². The van der Waals surface area contributed by atoms with E-state index in [1.54, 1.807) is 11.1 Å². The van der Waals surface area contributed by atoms with Crippen LogP contribution in [0.4, 0.5) is 0 Å². The number of amides is 1. The zero-order valence-corrected chi connectivity index (χ0v) is 16.8. The molecular formula is C21H24ClN5O2.